The van der Waals surface area contributed by atoms with E-state index in [1.165, 1.54) is 36.3 Å². The zero-order valence-electron chi connectivity index (χ0n) is 22.5. The normalized spacial score (nSPS) is 13.5. The van der Waals surface area contributed by atoms with Gasteiger partial charge in [-0.1, -0.05) is 12.1 Å². The highest BCUT2D eigenvalue weighted by Crippen LogP contribution is 2.36. The average Bonchev–Trinajstić information content (AvgIpc) is 2.92. The SMILES string of the molecule is COCCOCOc1ccc(N2CCc3cc(-c4cc(C(=O)O)cc(C(F)(F)F)c4)ccc3C2=O)cc1NS(C)(=O)=O. The van der Waals surface area contributed by atoms with E-state index < -0.39 is 39.2 Å². The Hall–Kier alpha value is -4.14. The van der Waals surface area contributed by atoms with Crippen LogP contribution >= 0.6 is 0 Å². The third kappa shape index (κ3) is 7.38. The number of methoxy groups -OCH3 is 1. The number of carboxylic acids is 1. The number of aromatic carboxylic acids is 1. The number of halogens is 3. The van der Waals surface area contributed by atoms with Crippen LogP contribution in [0.1, 0.15) is 31.8 Å². The Bertz CT molecular complexity index is 1610. The molecule has 0 spiro atoms. The number of fused-ring (bicyclic) bond motifs is 1. The summed E-state index contributed by atoms with van der Waals surface area (Å²) in [5, 5.41) is 9.31. The molecule has 3 aromatic carbocycles. The number of ether oxygens (including phenoxy) is 3. The number of nitrogens with one attached hydrogen (secondary N) is 1. The van der Waals surface area contributed by atoms with E-state index in [9.17, 15) is 36.3 Å². The van der Waals surface area contributed by atoms with Gasteiger partial charge in [-0.2, -0.15) is 13.2 Å². The molecule has 0 saturated heterocycles. The third-order valence-corrected chi connectivity index (χ3v) is 6.92. The summed E-state index contributed by atoms with van der Waals surface area (Å²) in [6.07, 6.45) is -3.43. The molecule has 0 aromatic heterocycles. The monoisotopic (exact) mass is 608 g/mol. The van der Waals surface area contributed by atoms with Crippen LogP contribution < -0.4 is 14.4 Å². The van der Waals surface area contributed by atoms with Gasteiger partial charge in [-0.25, -0.2) is 13.2 Å². The molecule has 1 heterocycles. The maximum atomic E-state index is 13.4. The molecule has 14 heteroatoms. The molecule has 2 N–H and O–H groups in total. The number of carboxylic acid groups (broad SMARTS) is 1. The Morgan fingerprint density at radius 3 is 2.48 bits per heavy atom. The van der Waals surface area contributed by atoms with Crippen molar-refractivity contribution in [2.45, 2.75) is 12.6 Å². The number of amides is 1. The number of carbonyl (C=O) groups excluding carboxylic acids is 1. The molecule has 0 fully saturated rings. The van der Waals surface area contributed by atoms with Crippen molar-refractivity contribution in [1.29, 1.82) is 0 Å². The highest BCUT2D eigenvalue weighted by atomic mass is 32.2. The van der Waals surface area contributed by atoms with Gasteiger partial charge in [0, 0.05) is 24.9 Å². The Kier molecular flexibility index (Phi) is 9.09. The number of rotatable bonds is 11. The topological polar surface area (TPSA) is 131 Å². The number of alkyl halides is 3. The Balaban J connectivity index is 1.62. The molecule has 42 heavy (non-hydrogen) atoms. The van der Waals surface area contributed by atoms with Gasteiger partial charge in [-0.3, -0.25) is 9.52 Å². The molecule has 1 aliphatic heterocycles. The predicted molar refractivity (Wildman–Crippen MR) is 147 cm³/mol. The maximum Gasteiger partial charge on any atom is 0.416 e. The van der Waals surface area contributed by atoms with Crippen LogP contribution in [-0.2, 0) is 32.1 Å². The molecule has 10 nitrogen and oxygen atoms in total. The van der Waals surface area contributed by atoms with Crippen LogP contribution in [0, 0.1) is 0 Å². The maximum absolute atomic E-state index is 13.4. The molecule has 3 aromatic rings. The number of anilines is 2. The molecule has 0 atom stereocenters. The molecular formula is C28H27F3N2O8S. The molecule has 1 aliphatic rings. The van der Waals surface area contributed by atoms with Crippen LogP contribution in [0.25, 0.3) is 11.1 Å². The highest BCUT2D eigenvalue weighted by Gasteiger charge is 2.32. The smallest absolute Gasteiger partial charge is 0.416 e. The molecule has 4 rings (SSSR count). The number of sulfonamides is 1. The van der Waals surface area contributed by atoms with Crippen molar-refractivity contribution in [3.05, 3.63) is 76.9 Å². The Morgan fingerprint density at radius 2 is 1.81 bits per heavy atom. The van der Waals surface area contributed by atoms with Gasteiger partial charge in [-0.15, -0.1) is 0 Å². The van der Waals surface area contributed by atoms with Crippen LogP contribution in [0.4, 0.5) is 24.5 Å². The van der Waals surface area contributed by atoms with Gasteiger partial charge in [0.1, 0.15) is 5.75 Å². The third-order valence-electron chi connectivity index (χ3n) is 6.33. The first-order valence-corrected chi connectivity index (χ1v) is 14.4. The first-order valence-electron chi connectivity index (χ1n) is 12.5. The van der Waals surface area contributed by atoms with Gasteiger partial charge in [0.2, 0.25) is 10.0 Å². The number of carbonyl (C=O) groups is 2. The van der Waals surface area contributed by atoms with Gasteiger partial charge < -0.3 is 24.2 Å². The van der Waals surface area contributed by atoms with Crippen molar-refractivity contribution in [3.63, 3.8) is 0 Å². The summed E-state index contributed by atoms with van der Waals surface area (Å²) in [5.41, 5.74) is 0.147. The molecule has 224 valence electrons. The van der Waals surface area contributed by atoms with Gasteiger partial charge in [0.15, 0.2) is 6.79 Å². The van der Waals surface area contributed by atoms with E-state index in [0.717, 1.165) is 18.4 Å². The first-order chi connectivity index (χ1) is 19.8. The number of nitrogens with zero attached hydrogens (tertiary/aromatic N) is 1. The van der Waals surface area contributed by atoms with E-state index in [0.29, 0.717) is 41.5 Å². The summed E-state index contributed by atoms with van der Waals surface area (Å²) < 4.78 is 82.3. The quantitative estimate of drug-likeness (QED) is 0.238. The van der Waals surface area contributed by atoms with Crippen LogP contribution in [0.5, 0.6) is 5.75 Å². The van der Waals surface area contributed by atoms with Crippen LogP contribution in [-0.4, -0.2) is 65.3 Å². The average molecular weight is 609 g/mol. The largest absolute Gasteiger partial charge is 0.478 e. The van der Waals surface area contributed by atoms with E-state index in [-0.39, 0.29) is 36.9 Å². The number of hydrogen-bond donors (Lipinski definition) is 2. The van der Waals surface area contributed by atoms with E-state index in [4.69, 9.17) is 14.2 Å². The Labute approximate surface area is 239 Å². The molecule has 0 radical (unpaired) electrons. The summed E-state index contributed by atoms with van der Waals surface area (Å²) in [5.74, 6) is -1.72. The van der Waals surface area contributed by atoms with E-state index >= 15 is 0 Å². The molecule has 0 bridgehead atoms. The van der Waals surface area contributed by atoms with Crippen molar-refractivity contribution < 1.29 is 50.5 Å². The molecule has 0 unspecified atom stereocenters. The summed E-state index contributed by atoms with van der Waals surface area (Å²) in [4.78, 5) is 26.3. The fourth-order valence-corrected chi connectivity index (χ4v) is 4.95. The summed E-state index contributed by atoms with van der Waals surface area (Å²) in [7, 11) is -2.18. The molecule has 0 saturated carbocycles. The lowest BCUT2D eigenvalue weighted by Gasteiger charge is -2.29. The second-order valence-corrected chi connectivity index (χ2v) is 11.1. The lowest BCUT2D eigenvalue weighted by Crippen LogP contribution is -2.37. The first kappa shape index (κ1) is 30.8. The minimum absolute atomic E-state index is 0.0539. The van der Waals surface area contributed by atoms with Crippen molar-refractivity contribution in [1.82, 2.24) is 0 Å². The fourth-order valence-electron chi connectivity index (χ4n) is 4.39. The van der Waals surface area contributed by atoms with Crippen LogP contribution in [0.3, 0.4) is 0 Å². The van der Waals surface area contributed by atoms with Crippen molar-refractivity contribution >= 4 is 33.3 Å². The standard InChI is InChI=1S/C28H27F3N2O8S/c1-39-9-10-40-16-41-25-6-4-22(15-24(25)32-42(2,37)38)33-8-7-18-11-17(3-5-23(18)26(33)34)19-12-20(27(35)36)14-21(13-19)28(29,30)31/h3-6,11-15,32H,7-10,16H2,1-2H3,(H,35,36). The van der Waals surface area contributed by atoms with Gasteiger partial charge in [-0.05, 0) is 65.6 Å². The second kappa shape index (κ2) is 12.4. The minimum Gasteiger partial charge on any atom is -0.478 e. The van der Waals surface area contributed by atoms with E-state index in [1.807, 2.05) is 0 Å². The summed E-state index contributed by atoms with van der Waals surface area (Å²) in [6, 6.07) is 11.6. The van der Waals surface area contributed by atoms with E-state index in [1.54, 1.807) is 12.1 Å². The summed E-state index contributed by atoms with van der Waals surface area (Å²) >= 11 is 0. The Morgan fingerprint density at radius 1 is 1.05 bits per heavy atom. The van der Waals surface area contributed by atoms with Gasteiger partial charge in [0.25, 0.3) is 5.91 Å². The molecular weight excluding hydrogens is 581 g/mol. The van der Waals surface area contributed by atoms with Crippen molar-refractivity contribution in [2.24, 2.45) is 0 Å². The number of benzene rings is 3. The zero-order valence-corrected chi connectivity index (χ0v) is 23.3. The van der Waals surface area contributed by atoms with Gasteiger partial charge >= 0.3 is 12.1 Å². The van der Waals surface area contributed by atoms with Crippen molar-refractivity contribution in [3.8, 4) is 16.9 Å². The van der Waals surface area contributed by atoms with Crippen LogP contribution in [0.15, 0.2) is 54.6 Å². The second-order valence-electron chi connectivity index (χ2n) is 9.40. The highest BCUT2D eigenvalue weighted by molar-refractivity contribution is 7.92. The lowest BCUT2D eigenvalue weighted by molar-refractivity contribution is -0.137. The molecule has 0 aliphatic carbocycles. The predicted octanol–water partition coefficient (Wildman–Crippen LogP) is 4.64. The minimum atomic E-state index is -4.74. The molecule has 1 amide bonds. The van der Waals surface area contributed by atoms with E-state index in [2.05, 4.69) is 4.72 Å². The lowest BCUT2D eigenvalue weighted by atomic mass is 9.92. The van der Waals surface area contributed by atoms with Gasteiger partial charge in [0.05, 0.1) is 36.3 Å². The van der Waals surface area contributed by atoms with Crippen molar-refractivity contribution in [2.75, 3.05) is 49.5 Å². The van der Waals surface area contributed by atoms with Crippen LogP contribution in [0.2, 0.25) is 0 Å². The fraction of sp³-hybridized carbons (Fsp3) is 0.286. The summed E-state index contributed by atoms with van der Waals surface area (Å²) in [6.45, 7) is 0.637. The number of hydrogen-bond acceptors (Lipinski definition) is 7. The zero-order chi connectivity index (χ0) is 30.7.